The molecule has 6 heteroatoms. The summed E-state index contributed by atoms with van der Waals surface area (Å²) in [6.07, 6.45) is 2.31. The van der Waals surface area contributed by atoms with E-state index in [1.165, 1.54) is 17.0 Å². The van der Waals surface area contributed by atoms with E-state index in [0.717, 1.165) is 12.8 Å². The van der Waals surface area contributed by atoms with Crippen LogP contribution in [0.5, 0.6) is 0 Å². The standard InChI is InChI=1S/C16H16FNO4/c17-12-6-3-4-10-8-13(22-15(10)12)16(21)18-7-2-1-5-11(18)9-14(19)20/h3-4,6,8,11H,1-2,5,7,9H2,(H,19,20). The molecule has 1 aliphatic rings. The number of carboxylic acids is 1. The number of aliphatic carboxylic acids is 1. The van der Waals surface area contributed by atoms with Crippen molar-refractivity contribution in [2.24, 2.45) is 0 Å². The summed E-state index contributed by atoms with van der Waals surface area (Å²) in [5.41, 5.74) is 0.0534. The molecule has 0 radical (unpaired) electrons. The average Bonchev–Trinajstić information content (AvgIpc) is 2.92. The summed E-state index contributed by atoms with van der Waals surface area (Å²) >= 11 is 0. The Bertz CT molecular complexity index is 724. The monoisotopic (exact) mass is 305 g/mol. The molecule has 2 heterocycles. The molecule has 0 bridgehead atoms. The van der Waals surface area contributed by atoms with Crippen molar-refractivity contribution in [3.63, 3.8) is 0 Å². The van der Waals surface area contributed by atoms with Crippen LogP contribution in [0, 0.1) is 5.82 Å². The molecule has 1 fully saturated rings. The Hall–Kier alpha value is -2.37. The second kappa shape index (κ2) is 5.79. The number of amides is 1. The van der Waals surface area contributed by atoms with Crippen molar-refractivity contribution in [2.75, 3.05) is 6.54 Å². The lowest BCUT2D eigenvalue weighted by atomic mass is 9.99. The van der Waals surface area contributed by atoms with Crippen LogP contribution in [0.1, 0.15) is 36.2 Å². The summed E-state index contributed by atoms with van der Waals surface area (Å²) in [5, 5.41) is 9.50. The van der Waals surface area contributed by atoms with Crippen LogP contribution in [-0.4, -0.2) is 34.5 Å². The Kier molecular flexibility index (Phi) is 3.83. The Morgan fingerprint density at radius 3 is 2.91 bits per heavy atom. The highest BCUT2D eigenvalue weighted by molar-refractivity contribution is 5.96. The maximum Gasteiger partial charge on any atom is 0.305 e. The van der Waals surface area contributed by atoms with Gasteiger partial charge >= 0.3 is 5.97 Å². The highest BCUT2D eigenvalue weighted by Gasteiger charge is 2.31. The van der Waals surface area contributed by atoms with E-state index < -0.39 is 11.8 Å². The molecule has 1 aromatic carbocycles. The van der Waals surface area contributed by atoms with Crippen LogP contribution in [0.2, 0.25) is 0 Å². The van der Waals surface area contributed by atoms with Crippen molar-refractivity contribution in [1.29, 1.82) is 0 Å². The lowest BCUT2D eigenvalue weighted by Crippen LogP contribution is -2.44. The van der Waals surface area contributed by atoms with Crippen molar-refractivity contribution in [3.8, 4) is 0 Å². The lowest BCUT2D eigenvalue weighted by molar-refractivity contribution is -0.138. The molecule has 1 unspecified atom stereocenters. The molecule has 3 rings (SSSR count). The fourth-order valence-electron chi connectivity index (χ4n) is 2.96. The van der Waals surface area contributed by atoms with Gasteiger partial charge < -0.3 is 14.4 Å². The van der Waals surface area contributed by atoms with Gasteiger partial charge in [0.2, 0.25) is 0 Å². The van der Waals surface area contributed by atoms with Gasteiger partial charge in [-0.3, -0.25) is 9.59 Å². The van der Waals surface area contributed by atoms with Gasteiger partial charge in [-0.1, -0.05) is 12.1 Å². The molecule has 116 valence electrons. The smallest absolute Gasteiger partial charge is 0.305 e. The minimum atomic E-state index is -0.930. The molecule has 0 saturated carbocycles. The molecule has 1 aliphatic heterocycles. The summed E-state index contributed by atoms with van der Waals surface area (Å²) in [6, 6.07) is 5.66. The van der Waals surface area contributed by atoms with Crippen LogP contribution in [0.15, 0.2) is 28.7 Å². The number of hydrogen-bond acceptors (Lipinski definition) is 3. The second-order valence-electron chi connectivity index (χ2n) is 5.51. The summed E-state index contributed by atoms with van der Waals surface area (Å²) in [5.74, 6) is -1.77. The number of rotatable bonds is 3. The number of hydrogen-bond donors (Lipinski definition) is 1. The molecular formula is C16H16FNO4. The molecule has 0 aliphatic carbocycles. The molecule has 1 amide bonds. The van der Waals surface area contributed by atoms with Crippen LogP contribution < -0.4 is 0 Å². The van der Waals surface area contributed by atoms with Gasteiger partial charge in [0.05, 0.1) is 6.42 Å². The van der Waals surface area contributed by atoms with E-state index in [2.05, 4.69) is 0 Å². The maximum absolute atomic E-state index is 13.7. The molecule has 2 aromatic rings. The van der Waals surface area contributed by atoms with Gasteiger partial charge in [0.25, 0.3) is 5.91 Å². The minimum absolute atomic E-state index is 0.0531. The SMILES string of the molecule is O=C(O)CC1CCCCN1C(=O)c1cc2cccc(F)c2o1. The zero-order chi connectivity index (χ0) is 15.7. The largest absolute Gasteiger partial charge is 0.481 e. The Labute approximate surface area is 126 Å². The van der Waals surface area contributed by atoms with Crippen molar-refractivity contribution < 1.29 is 23.5 Å². The number of nitrogens with zero attached hydrogens (tertiary/aromatic N) is 1. The molecule has 1 saturated heterocycles. The third-order valence-electron chi connectivity index (χ3n) is 4.01. The van der Waals surface area contributed by atoms with Crippen LogP contribution in [0.4, 0.5) is 4.39 Å². The Morgan fingerprint density at radius 1 is 1.36 bits per heavy atom. The molecular weight excluding hydrogens is 289 g/mol. The van der Waals surface area contributed by atoms with E-state index in [0.29, 0.717) is 18.4 Å². The molecule has 1 N–H and O–H groups in total. The number of likely N-dealkylation sites (tertiary alicyclic amines) is 1. The predicted molar refractivity (Wildman–Crippen MR) is 77.1 cm³/mol. The Balaban J connectivity index is 1.89. The van der Waals surface area contributed by atoms with Gasteiger partial charge in [-0.2, -0.15) is 0 Å². The average molecular weight is 305 g/mol. The number of benzene rings is 1. The third kappa shape index (κ3) is 2.68. The van der Waals surface area contributed by atoms with Crippen LogP contribution in [0.25, 0.3) is 11.0 Å². The van der Waals surface area contributed by atoms with Gasteiger partial charge in [0, 0.05) is 18.0 Å². The zero-order valence-electron chi connectivity index (χ0n) is 11.9. The van der Waals surface area contributed by atoms with E-state index >= 15 is 0 Å². The van der Waals surface area contributed by atoms with Crippen LogP contribution >= 0.6 is 0 Å². The van der Waals surface area contributed by atoms with Gasteiger partial charge in [0.15, 0.2) is 17.2 Å². The van der Waals surface area contributed by atoms with E-state index in [-0.39, 0.29) is 29.7 Å². The van der Waals surface area contributed by atoms with E-state index in [9.17, 15) is 14.0 Å². The first-order chi connectivity index (χ1) is 10.6. The van der Waals surface area contributed by atoms with Gasteiger partial charge in [-0.25, -0.2) is 4.39 Å². The Morgan fingerprint density at radius 2 is 2.18 bits per heavy atom. The second-order valence-corrected chi connectivity index (χ2v) is 5.51. The highest BCUT2D eigenvalue weighted by atomic mass is 19.1. The highest BCUT2D eigenvalue weighted by Crippen LogP contribution is 2.26. The number of carboxylic acid groups (broad SMARTS) is 1. The van der Waals surface area contributed by atoms with Crippen LogP contribution in [0.3, 0.4) is 0 Å². The fourth-order valence-corrected chi connectivity index (χ4v) is 2.96. The molecule has 1 aromatic heterocycles. The maximum atomic E-state index is 13.7. The summed E-state index contributed by atoms with van der Waals surface area (Å²) in [4.78, 5) is 25.1. The van der Waals surface area contributed by atoms with Crippen molar-refractivity contribution in [3.05, 3.63) is 35.8 Å². The lowest BCUT2D eigenvalue weighted by Gasteiger charge is -2.34. The first kappa shape index (κ1) is 14.6. The summed E-state index contributed by atoms with van der Waals surface area (Å²) in [6.45, 7) is 0.496. The first-order valence-corrected chi connectivity index (χ1v) is 7.27. The van der Waals surface area contributed by atoms with Crippen molar-refractivity contribution in [1.82, 2.24) is 4.90 Å². The third-order valence-corrected chi connectivity index (χ3v) is 4.01. The molecule has 5 nitrogen and oxygen atoms in total. The van der Waals surface area contributed by atoms with E-state index in [1.54, 1.807) is 12.1 Å². The van der Waals surface area contributed by atoms with Crippen molar-refractivity contribution >= 4 is 22.8 Å². The normalized spacial score (nSPS) is 18.6. The van der Waals surface area contributed by atoms with E-state index in [1.807, 2.05) is 0 Å². The van der Waals surface area contributed by atoms with Gasteiger partial charge in [-0.05, 0) is 31.4 Å². The van der Waals surface area contributed by atoms with E-state index in [4.69, 9.17) is 9.52 Å². The topological polar surface area (TPSA) is 70.8 Å². The molecule has 1 atom stereocenters. The zero-order valence-corrected chi connectivity index (χ0v) is 11.9. The predicted octanol–water partition coefficient (Wildman–Crippen LogP) is 3.04. The number of para-hydroxylation sites is 1. The number of halogens is 1. The number of furan rings is 1. The fraction of sp³-hybridized carbons (Fsp3) is 0.375. The minimum Gasteiger partial charge on any atom is -0.481 e. The summed E-state index contributed by atoms with van der Waals surface area (Å²) in [7, 11) is 0. The summed E-state index contributed by atoms with van der Waals surface area (Å²) < 4.78 is 19.0. The van der Waals surface area contributed by atoms with Crippen molar-refractivity contribution in [2.45, 2.75) is 31.7 Å². The van der Waals surface area contributed by atoms with Crippen LogP contribution in [-0.2, 0) is 4.79 Å². The first-order valence-electron chi connectivity index (χ1n) is 7.27. The number of piperidine rings is 1. The molecule has 0 spiro atoms. The number of carbonyl (C=O) groups excluding carboxylic acids is 1. The number of carbonyl (C=O) groups is 2. The van der Waals surface area contributed by atoms with Gasteiger partial charge in [-0.15, -0.1) is 0 Å². The van der Waals surface area contributed by atoms with Gasteiger partial charge in [0.1, 0.15) is 0 Å². The quantitative estimate of drug-likeness (QED) is 0.946. The molecule has 22 heavy (non-hydrogen) atoms. The number of fused-ring (bicyclic) bond motifs is 1.